The largest absolute Gasteiger partial charge is 0.497 e. The van der Waals surface area contributed by atoms with E-state index in [1.54, 1.807) is 7.11 Å². The number of nitrogens with zero attached hydrogens (tertiary/aromatic N) is 2. The average molecular weight is 345 g/mol. The third-order valence-corrected chi connectivity index (χ3v) is 5.38. The first-order valence-corrected chi connectivity index (χ1v) is 9.48. The summed E-state index contributed by atoms with van der Waals surface area (Å²) in [6, 6.07) is 8.18. The zero-order valence-electron chi connectivity index (χ0n) is 15.7. The van der Waals surface area contributed by atoms with Crippen LogP contribution in [0.5, 0.6) is 5.75 Å². The van der Waals surface area contributed by atoms with E-state index in [2.05, 4.69) is 35.0 Å². The molecule has 2 aliphatic rings. The van der Waals surface area contributed by atoms with Crippen LogP contribution in [0, 0.1) is 5.92 Å². The van der Waals surface area contributed by atoms with Crippen molar-refractivity contribution in [2.24, 2.45) is 5.92 Å². The summed E-state index contributed by atoms with van der Waals surface area (Å²) in [4.78, 5) is 17.9. The van der Waals surface area contributed by atoms with Crippen LogP contribution in [-0.2, 0) is 4.79 Å². The molecule has 2 heterocycles. The minimum Gasteiger partial charge on any atom is -0.497 e. The normalized spacial score (nSPS) is 26.3. The maximum Gasteiger partial charge on any atom is 0.244 e. The summed E-state index contributed by atoms with van der Waals surface area (Å²) in [6.07, 6.45) is 2.33. The highest BCUT2D eigenvalue weighted by Gasteiger charge is 2.34. The van der Waals surface area contributed by atoms with Crippen molar-refractivity contribution in [3.63, 3.8) is 0 Å². The van der Waals surface area contributed by atoms with Gasteiger partial charge in [-0.25, -0.2) is 0 Å². The molecule has 1 N–H and O–H groups in total. The summed E-state index contributed by atoms with van der Waals surface area (Å²) in [6.45, 7) is 8.88. The fourth-order valence-corrected chi connectivity index (χ4v) is 4.08. The molecule has 1 aromatic rings. The molecule has 2 saturated heterocycles. The SMILES string of the molecule is COc1cccc(C(C(=O)N2CCCC(C)C2)N2CCNC(C)C2)c1. The zero-order valence-corrected chi connectivity index (χ0v) is 15.7. The van der Waals surface area contributed by atoms with Gasteiger partial charge in [-0.3, -0.25) is 9.69 Å². The lowest BCUT2D eigenvalue weighted by molar-refractivity contribution is -0.139. The molecule has 0 radical (unpaired) electrons. The van der Waals surface area contributed by atoms with Crippen molar-refractivity contribution in [2.45, 2.75) is 38.8 Å². The van der Waals surface area contributed by atoms with Crippen molar-refractivity contribution in [1.29, 1.82) is 0 Å². The molecule has 5 heteroatoms. The van der Waals surface area contributed by atoms with Crippen LogP contribution >= 0.6 is 0 Å². The first kappa shape index (κ1) is 18.2. The number of piperazine rings is 1. The summed E-state index contributed by atoms with van der Waals surface area (Å²) in [7, 11) is 1.68. The van der Waals surface area contributed by atoms with Crippen molar-refractivity contribution in [2.75, 3.05) is 39.8 Å². The minimum absolute atomic E-state index is 0.218. The summed E-state index contributed by atoms with van der Waals surface area (Å²) in [5.74, 6) is 1.64. The molecule has 3 unspecified atom stereocenters. The second kappa shape index (κ2) is 8.19. The van der Waals surface area contributed by atoms with Gasteiger partial charge < -0.3 is 15.0 Å². The molecule has 3 rings (SSSR count). The Balaban J connectivity index is 1.88. The molecule has 0 aliphatic carbocycles. The Bertz CT molecular complexity index is 592. The van der Waals surface area contributed by atoms with E-state index in [0.717, 1.165) is 50.5 Å². The number of hydrogen-bond donors (Lipinski definition) is 1. The molecule has 138 valence electrons. The number of benzene rings is 1. The highest BCUT2D eigenvalue weighted by atomic mass is 16.5. The van der Waals surface area contributed by atoms with Gasteiger partial charge in [0, 0.05) is 38.8 Å². The van der Waals surface area contributed by atoms with E-state index in [-0.39, 0.29) is 11.9 Å². The van der Waals surface area contributed by atoms with Crippen LogP contribution in [-0.4, -0.2) is 61.6 Å². The molecule has 0 saturated carbocycles. The number of hydrogen-bond acceptors (Lipinski definition) is 4. The maximum absolute atomic E-state index is 13.5. The van der Waals surface area contributed by atoms with Crippen molar-refractivity contribution >= 4 is 5.91 Å². The number of rotatable bonds is 4. The Labute approximate surface area is 151 Å². The second-order valence-corrected chi connectivity index (χ2v) is 7.56. The number of methoxy groups -OCH3 is 1. The van der Waals surface area contributed by atoms with E-state index in [1.807, 2.05) is 18.2 Å². The summed E-state index contributed by atoms with van der Waals surface area (Å²) in [5.41, 5.74) is 1.04. The molecule has 0 aromatic heterocycles. The van der Waals surface area contributed by atoms with Crippen LogP contribution in [0.3, 0.4) is 0 Å². The Kier molecular flexibility index (Phi) is 5.97. The van der Waals surface area contributed by atoms with Gasteiger partial charge in [0.15, 0.2) is 0 Å². The van der Waals surface area contributed by atoms with Crippen LogP contribution in [0.2, 0.25) is 0 Å². The van der Waals surface area contributed by atoms with Gasteiger partial charge in [-0.05, 0) is 43.4 Å². The van der Waals surface area contributed by atoms with E-state index in [0.29, 0.717) is 12.0 Å². The molecule has 25 heavy (non-hydrogen) atoms. The van der Waals surface area contributed by atoms with Gasteiger partial charge in [0.2, 0.25) is 5.91 Å². The second-order valence-electron chi connectivity index (χ2n) is 7.56. The molecule has 5 nitrogen and oxygen atoms in total. The molecular formula is C20H31N3O2. The van der Waals surface area contributed by atoms with Gasteiger partial charge in [0.25, 0.3) is 0 Å². The van der Waals surface area contributed by atoms with Gasteiger partial charge >= 0.3 is 0 Å². The lowest BCUT2D eigenvalue weighted by Crippen LogP contribution is -2.54. The topological polar surface area (TPSA) is 44.8 Å². The molecule has 0 bridgehead atoms. The fraction of sp³-hybridized carbons (Fsp3) is 0.650. The van der Waals surface area contributed by atoms with Crippen molar-refractivity contribution < 1.29 is 9.53 Å². The predicted molar refractivity (Wildman–Crippen MR) is 99.8 cm³/mol. The Hall–Kier alpha value is -1.59. The molecule has 1 aromatic carbocycles. The number of carbonyl (C=O) groups is 1. The predicted octanol–water partition coefficient (Wildman–Crippen LogP) is 2.29. The number of nitrogens with one attached hydrogen (secondary N) is 1. The van der Waals surface area contributed by atoms with E-state index in [9.17, 15) is 4.79 Å². The average Bonchev–Trinajstić information content (AvgIpc) is 2.62. The Morgan fingerprint density at radius 3 is 2.84 bits per heavy atom. The van der Waals surface area contributed by atoms with Gasteiger partial charge in [0.1, 0.15) is 11.8 Å². The van der Waals surface area contributed by atoms with Gasteiger partial charge in [-0.1, -0.05) is 19.1 Å². The minimum atomic E-state index is -0.218. The van der Waals surface area contributed by atoms with Gasteiger partial charge in [-0.15, -0.1) is 0 Å². The standard InChI is InChI=1S/C20H31N3O2/c1-15-6-5-10-23(13-15)20(24)19(22-11-9-21-16(2)14-22)17-7-4-8-18(12-17)25-3/h4,7-8,12,15-16,19,21H,5-6,9-11,13-14H2,1-3H3. The molecular weight excluding hydrogens is 314 g/mol. The van der Waals surface area contributed by atoms with E-state index in [4.69, 9.17) is 4.74 Å². The van der Waals surface area contributed by atoms with Crippen LogP contribution in [0.15, 0.2) is 24.3 Å². The lowest BCUT2D eigenvalue weighted by atomic mass is 9.97. The summed E-state index contributed by atoms with van der Waals surface area (Å²) in [5, 5.41) is 3.48. The van der Waals surface area contributed by atoms with Gasteiger partial charge in [-0.2, -0.15) is 0 Å². The van der Waals surface area contributed by atoms with Crippen molar-refractivity contribution in [3.05, 3.63) is 29.8 Å². The number of carbonyl (C=O) groups excluding carboxylic acids is 1. The van der Waals surface area contributed by atoms with E-state index >= 15 is 0 Å². The molecule has 2 aliphatic heterocycles. The maximum atomic E-state index is 13.5. The highest BCUT2D eigenvalue weighted by molar-refractivity contribution is 5.83. The number of ether oxygens (including phenoxy) is 1. The smallest absolute Gasteiger partial charge is 0.244 e. The summed E-state index contributed by atoms with van der Waals surface area (Å²) >= 11 is 0. The zero-order chi connectivity index (χ0) is 17.8. The van der Waals surface area contributed by atoms with Crippen LogP contribution < -0.4 is 10.1 Å². The van der Waals surface area contributed by atoms with Crippen LogP contribution in [0.4, 0.5) is 0 Å². The summed E-state index contributed by atoms with van der Waals surface area (Å²) < 4.78 is 5.40. The third-order valence-electron chi connectivity index (χ3n) is 5.38. The van der Waals surface area contributed by atoms with E-state index in [1.165, 1.54) is 6.42 Å². The molecule has 1 amide bonds. The molecule has 3 atom stereocenters. The van der Waals surface area contributed by atoms with Crippen LogP contribution in [0.25, 0.3) is 0 Å². The first-order chi connectivity index (χ1) is 12.1. The fourth-order valence-electron chi connectivity index (χ4n) is 4.08. The monoisotopic (exact) mass is 345 g/mol. The number of piperidine rings is 1. The van der Waals surface area contributed by atoms with Crippen molar-refractivity contribution in [1.82, 2.24) is 15.1 Å². The van der Waals surface area contributed by atoms with Crippen molar-refractivity contribution in [3.8, 4) is 5.75 Å². The third kappa shape index (κ3) is 4.33. The lowest BCUT2D eigenvalue weighted by Gasteiger charge is -2.41. The highest BCUT2D eigenvalue weighted by Crippen LogP contribution is 2.29. The van der Waals surface area contributed by atoms with Gasteiger partial charge in [0.05, 0.1) is 7.11 Å². The Morgan fingerprint density at radius 1 is 1.28 bits per heavy atom. The Morgan fingerprint density at radius 2 is 2.12 bits per heavy atom. The molecule has 0 spiro atoms. The first-order valence-electron chi connectivity index (χ1n) is 9.48. The van der Waals surface area contributed by atoms with E-state index < -0.39 is 0 Å². The van der Waals surface area contributed by atoms with Crippen LogP contribution in [0.1, 0.15) is 38.3 Å². The quantitative estimate of drug-likeness (QED) is 0.909. The number of likely N-dealkylation sites (tertiary alicyclic amines) is 1. The molecule has 2 fully saturated rings. The number of amides is 1.